The van der Waals surface area contributed by atoms with Crippen molar-refractivity contribution >= 4 is 140 Å². The second-order valence-electron chi connectivity index (χ2n) is 23.5. The average molecular weight is 1240 g/mol. The fraction of sp³-hybridized carbons (Fsp3) is 0.250. The van der Waals surface area contributed by atoms with E-state index in [1.54, 1.807) is 72.9 Å². The van der Waals surface area contributed by atoms with Gasteiger partial charge in [-0.3, -0.25) is 0 Å². The van der Waals surface area contributed by atoms with Gasteiger partial charge in [-0.15, -0.1) is 0 Å². The lowest BCUT2D eigenvalue weighted by molar-refractivity contribution is 0.00578. The van der Waals surface area contributed by atoms with Gasteiger partial charge < -0.3 is 43.0 Å². The standard InChI is InChI=1S/C26H36B2O2S2.C24H16B2O4S2.C13H14B2O3S2.CH4/c1-23(2)17-27(18-24(23,3)4)19-9-13-21(14-10-19)31-32-22-15-11-20(12-16-22)28-29-25(5,6)26(7,8)30-28;1-2-6-22-21(5-1)27-25(28-22)17-9-13-19(14-10-17)31-32-20-15-11-18(12-16-20)26-29-23-7-3-4-8-24(23)30-26;1-14(16)10-2-6-12(7-3-10)19-20-13-8-4-11(5-9-13)15(17)18;/h9-16H,17-18H2,1-8H3;1-16H;2-9,16-18H,1H3;1H4. The molecule has 8 aromatic rings. The molecular formula is C64H70B6O9S6. The summed E-state index contributed by atoms with van der Waals surface area (Å²) < 4.78 is 35.9. The molecule has 434 valence electrons. The summed E-state index contributed by atoms with van der Waals surface area (Å²) in [6.45, 7) is 20.0. The smallest absolute Gasteiger partial charge is 0.519 e. The maximum Gasteiger partial charge on any atom is 0.632 e. The van der Waals surface area contributed by atoms with Crippen molar-refractivity contribution in [1.29, 1.82) is 0 Å². The van der Waals surface area contributed by atoms with Crippen molar-refractivity contribution in [2.75, 3.05) is 0 Å². The van der Waals surface area contributed by atoms with Crippen LogP contribution in [0.5, 0.6) is 23.0 Å². The number of fused-ring (bicyclic) bond motifs is 2. The summed E-state index contributed by atoms with van der Waals surface area (Å²) in [4.78, 5) is 7.00. The highest BCUT2D eigenvalue weighted by Crippen LogP contribution is 2.53. The summed E-state index contributed by atoms with van der Waals surface area (Å²) in [7, 11) is 7.75. The van der Waals surface area contributed by atoms with Crippen molar-refractivity contribution in [2.24, 2.45) is 10.8 Å². The predicted octanol–water partition coefficient (Wildman–Crippen LogP) is 13.0. The Labute approximate surface area is 529 Å². The fourth-order valence-electron chi connectivity index (χ4n) is 9.77. The Kier molecular flexibility index (Phi) is 21.4. The molecule has 0 bridgehead atoms. The quantitative estimate of drug-likeness (QED) is 0.0667. The van der Waals surface area contributed by atoms with E-state index in [4.69, 9.17) is 38.0 Å². The van der Waals surface area contributed by atoms with Crippen LogP contribution in [0.15, 0.2) is 223 Å². The lowest BCUT2D eigenvalue weighted by Gasteiger charge is -2.35. The molecule has 0 aliphatic carbocycles. The van der Waals surface area contributed by atoms with Crippen molar-refractivity contribution in [1.82, 2.24) is 0 Å². The molecule has 2 fully saturated rings. The summed E-state index contributed by atoms with van der Waals surface area (Å²) in [5, 5.41) is 27.5. The van der Waals surface area contributed by atoms with E-state index in [0.29, 0.717) is 23.0 Å². The molecule has 4 heterocycles. The third-order valence-corrected chi connectivity index (χ3v) is 23.5. The Bertz CT molecular complexity index is 3150. The topological polar surface area (TPSA) is 116 Å². The Balaban J connectivity index is 0.000000156. The van der Waals surface area contributed by atoms with E-state index in [0.717, 1.165) is 64.4 Å². The molecule has 0 spiro atoms. The molecular weight excluding hydrogens is 1170 g/mol. The number of hydrogen-bond acceptors (Lipinski definition) is 15. The minimum Gasteiger partial charge on any atom is -0.519 e. The zero-order valence-corrected chi connectivity index (χ0v) is 53.5. The van der Waals surface area contributed by atoms with E-state index in [9.17, 15) is 5.02 Å². The molecule has 0 aromatic heterocycles. The fourth-order valence-corrected chi connectivity index (χ4v) is 15.6. The lowest BCUT2D eigenvalue weighted by Crippen LogP contribution is -2.41. The molecule has 2 saturated heterocycles. The van der Waals surface area contributed by atoms with Gasteiger partial charge >= 0.3 is 35.4 Å². The van der Waals surface area contributed by atoms with E-state index in [-0.39, 0.29) is 25.7 Å². The SMILES string of the molecule is C.CB(O)c1ccc(SSc2ccc(B(O)O)cc2)cc1.CC1(C)CB(c2ccc(SSc3ccc(B4OC(C)(C)C(C)(C)O4)cc3)cc2)CC1(C)C.c1ccc2c(c1)OB(c1ccc(SSc3ccc(B4Oc5ccccc5O4)cc3)cc1)O2. The van der Waals surface area contributed by atoms with Crippen LogP contribution < -0.4 is 51.4 Å². The Morgan fingerprint density at radius 1 is 0.353 bits per heavy atom. The highest BCUT2D eigenvalue weighted by atomic mass is 33.1. The molecule has 4 aliphatic rings. The average Bonchev–Trinajstić information content (AvgIpc) is 3.39. The first-order valence-corrected chi connectivity index (χ1v) is 34.5. The predicted molar refractivity (Wildman–Crippen MR) is 368 cm³/mol. The maximum atomic E-state index is 9.44. The van der Waals surface area contributed by atoms with Gasteiger partial charge in [0.05, 0.1) is 11.2 Å². The van der Waals surface area contributed by atoms with Gasteiger partial charge in [-0.25, -0.2) is 0 Å². The summed E-state index contributed by atoms with van der Waals surface area (Å²) in [6.07, 6.45) is 2.55. The molecule has 0 unspecified atom stereocenters. The second-order valence-corrected chi connectivity index (χ2v) is 30.3. The molecule has 0 saturated carbocycles. The Morgan fingerprint density at radius 3 is 0.894 bits per heavy atom. The highest BCUT2D eigenvalue weighted by Gasteiger charge is 2.52. The van der Waals surface area contributed by atoms with Crippen LogP contribution in [0.1, 0.15) is 62.8 Å². The summed E-state index contributed by atoms with van der Waals surface area (Å²) >= 11 is 0. The Hall–Kier alpha value is -4.75. The summed E-state index contributed by atoms with van der Waals surface area (Å²) in [5.41, 5.74) is 6.12. The van der Waals surface area contributed by atoms with E-state index in [1.807, 2.05) is 95.7 Å². The van der Waals surface area contributed by atoms with Crippen LogP contribution in [-0.4, -0.2) is 68.4 Å². The normalized spacial score (nSPS) is 16.2. The zero-order valence-electron chi connectivity index (χ0n) is 48.6. The van der Waals surface area contributed by atoms with Crippen molar-refractivity contribution in [3.05, 3.63) is 194 Å². The van der Waals surface area contributed by atoms with Gasteiger partial charge in [0.25, 0.3) is 0 Å². The molecule has 4 aliphatic heterocycles. The maximum absolute atomic E-state index is 9.44. The van der Waals surface area contributed by atoms with Gasteiger partial charge in [-0.05, 0) is 152 Å². The van der Waals surface area contributed by atoms with Crippen molar-refractivity contribution in [3.8, 4) is 23.0 Å². The highest BCUT2D eigenvalue weighted by molar-refractivity contribution is 8.77. The second kappa shape index (κ2) is 28.2. The first-order chi connectivity index (χ1) is 40.2. The van der Waals surface area contributed by atoms with Crippen LogP contribution in [0.2, 0.25) is 19.5 Å². The summed E-state index contributed by atoms with van der Waals surface area (Å²) in [5.74, 6) is 3.14. The van der Waals surface area contributed by atoms with Crippen LogP contribution in [0.4, 0.5) is 0 Å². The van der Waals surface area contributed by atoms with Crippen molar-refractivity contribution in [2.45, 2.75) is 123 Å². The van der Waals surface area contributed by atoms with Gasteiger partial charge in [-0.1, -0.05) is 222 Å². The van der Waals surface area contributed by atoms with Crippen LogP contribution in [0.25, 0.3) is 0 Å². The molecule has 3 N–H and O–H groups in total. The molecule has 9 nitrogen and oxygen atoms in total. The number of rotatable bonds is 15. The summed E-state index contributed by atoms with van der Waals surface area (Å²) in [6, 6.07) is 64.7. The van der Waals surface area contributed by atoms with Crippen LogP contribution in [0.3, 0.4) is 0 Å². The van der Waals surface area contributed by atoms with Crippen molar-refractivity contribution < 1.29 is 43.0 Å². The molecule has 85 heavy (non-hydrogen) atoms. The first-order valence-electron chi connectivity index (χ1n) is 28.1. The third kappa shape index (κ3) is 16.3. The first kappa shape index (κ1) is 64.7. The Morgan fingerprint density at radius 2 is 0.612 bits per heavy atom. The van der Waals surface area contributed by atoms with E-state index in [1.165, 1.54) is 27.9 Å². The van der Waals surface area contributed by atoms with Gasteiger partial charge in [0.15, 0.2) is 6.71 Å². The van der Waals surface area contributed by atoms with Crippen LogP contribution >= 0.6 is 64.8 Å². The molecule has 0 atom stereocenters. The van der Waals surface area contributed by atoms with E-state index in [2.05, 4.69) is 152 Å². The molecule has 21 heteroatoms. The van der Waals surface area contributed by atoms with Gasteiger partial charge in [0.1, 0.15) is 23.0 Å². The molecule has 12 rings (SSSR count). The largest absolute Gasteiger partial charge is 0.632 e. The van der Waals surface area contributed by atoms with Crippen molar-refractivity contribution in [3.63, 3.8) is 0 Å². The number of benzene rings is 8. The van der Waals surface area contributed by atoms with Crippen LogP contribution in [-0.2, 0) is 9.31 Å². The monoisotopic (exact) mass is 1240 g/mol. The molecule has 0 radical (unpaired) electrons. The van der Waals surface area contributed by atoms with Crippen LogP contribution in [0, 0.1) is 10.8 Å². The molecule has 0 amide bonds. The minimum absolute atomic E-state index is 0. The minimum atomic E-state index is -1.42. The van der Waals surface area contributed by atoms with Gasteiger partial charge in [0.2, 0.25) is 0 Å². The zero-order chi connectivity index (χ0) is 59.2. The van der Waals surface area contributed by atoms with Gasteiger partial charge in [0, 0.05) is 40.3 Å². The molecule has 8 aromatic carbocycles. The van der Waals surface area contributed by atoms with Gasteiger partial charge in [-0.2, -0.15) is 0 Å². The van der Waals surface area contributed by atoms with E-state index < -0.39 is 28.3 Å². The number of para-hydroxylation sites is 4. The van der Waals surface area contributed by atoms with E-state index >= 15 is 0 Å². The lowest BCUT2D eigenvalue weighted by atomic mass is 9.42. The number of hydrogen-bond donors (Lipinski definition) is 3. The third-order valence-electron chi connectivity index (χ3n) is 16.3.